The van der Waals surface area contributed by atoms with Crippen molar-refractivity contribution < 1.29 is 19.4 Å². The Morgan fingerprint density at radius 1 is 1.37 bits per heavy atom. The zero-order valence-electron chi connectivity index (χ0n) is 9.57. The predicted molar refractivity (Wildman–Crippen MR) is 67.4 cm³/mol. The maximum absolute atomic E-state index is 11.5. The van der Waals surface area contributed by atoms with E-state index in [0.717, 1.165) is 11.3 Å². The largest absolute Gasteiger partial charge is 0.482 e. The topological polar surface area (TPSA) is 101 Å². The van der Waals surface area contributed by atoms with Crippen molar-refractivity contribution in [3.63, 3.8) is 0 Å². The van der Waals surface area contributed by atoms with E-state index in [1.807, 2.05) is 0 Å². The van der Waals surface area contributed by atoms with Crippen LogP contribution in [0.5, 0.6) is 5.75 Å². The van der Waals surface area contributed by atoms with Crippen LogP contribution in [0.25, 0.3) is 0 Å². The number of carboxylic acids is 1. The Labute approximate surface area is 111 Å². The second-order valence-electron chi connectivity index (χ2n) is 3.33. The second-order valence-corrected chi connectivity index (χ2v) is 4.24. The number of ether oxygens (including phenoxy) is 1. The summed E-state index contributed by atoms with van der Waals surface area (Å²) in [6, 6.07) is 3.12. The van der Waals surface area contributed by atoms with Crippen molar-refractivity contribution >= 4 is 29.2 Å². The lowest BCUT2D eigenvalue weighted by Gasteiger charge is -2.05. The van der Waals surface area contributed by atoms with Crippen molar-refractivity contribution in [1.82, 2.24) is 9.97 Å². The Bertz CT molecular complexity index is 585. The molecular weight excluding hydrogens is 270 g/mol. The normalized spacial score (nSPS) is 9.89. The summed E-state index contributed by atoms with van der Waals surface area (Å²) >= 11 is 1.03. The van der Waals surface area contributed by atoms with Gasteiger partial charge in [0, 0.05) is 12.4 Å². The first-order valence-electron chi connectivity index (χ1n) is 5.17. The molecule has 0 saturated carbocycles. The Kier molecular flexibility index (Phi) is 4.04. The second kappa shape index (κ2) is 5.91. The summed E-state index contributed by atoms with van der Waals surface area (Å²) in [6.07, 6.45) is 2.98. The molecule has 2 rings (SSSR count). The predicted octanol–water partition coefficient (Wildman–Crippen LogP) is 1.25. The zero-order chi connectivity index (χ0) is 13.7. The zero-order valence-corrected chi connectivity index (χ0v) is 10.4. The smallest absolute Gasteiger partial charge is 0.349 e. The van der Waals surface area contributed by atoms with Crippen molar-refractivity contribution in [3.05, 3.63) is 34.8 Å². The molecule has 98 valence electrons. The van der Waals surface area contributed by atoms with E-state index in [4.69, 9.17) is 9.84 Å². The molecule has 2 aromatic heterocycles. The molecule has 0 aromatic carbocycles. The van der Waals surface area contributed by atoms with Crippen LogP contribution in [-0.4, -0.2) is 33.6 Å². The molecule has 19 heavy (non-hydrogen) atoms. The van der Waals surface area contributed by atoms with E-state index in [1.165, 1.54) is 18.5 Å². The number of carboxylic acid groups (broad SMARTS) is 1. The summed E-state index contributed by atoms with van der Waals surface area (Å²) in [5.41, 5.74) is 0. The summed E-state index contributed by atoms with van der Waals surface area (Å²) in [7, 11) is 0. The first kappa shape index (κ1) is 13.0. The molecule has 2 aromatic rings. The molecule has 0 aliphatic heterocycles. The molecule has 7 nitrogen and oxygen atoms in total. The molecule has 0 saturated heterocycles. The number of hydrogen-bond donors (Lipinski definition) is 2. The lowest BCUT2D eigenvalue weighted by molar-refractivity contribution is -0.118. The van der Waals surface area contributed by atoms with Crippen LogP contribution >= 0.6 is 11.3 Å². The van der Waals surface area contributed by atoms with Gasteiger partial charge in [0.05, 0.1) is 0 Å². The molecule has 0 radical (unpaired) electrons. The van der Waals surface area contributed by atoms with Crippen LogP contribution in [0.15, 0.2) is 29.9 Å². The van der Waals surface area contributed by atoms with Crippen LogP contribution in [0.3, 0.4) is 0 Å². The highest BCUT2D eigenvalue weighted by atomic mass is 32.1. The van der Waals surface area contributed by atoms with E-state index in [0.29, 0.717) is 0 Å². The van der Waals surface area contributed by atoms with E-state index in [1.54, 1.807) is 11.4 Å². The van der Waals surface area contributed by atoms with E-state index in [2.05, 4.69) is 15.3 Å². The highest BCUT2D eigenvalue weighted by Crippen LogP contribution is 2.24. The van der Waals surface area contributed by atoms with Gasteiger partial charge in [-0.2, -0.15) is 0 Å². The third-order valence-corrected chi connectivity index (χ3v) is 2.88. The quantitative estimate of drug-likeness (QED) is 0.854. The molecule has 0 fully saturated rings. The summed E-state index contributed by atoms with van der Waals surface area (Å²) in [5.74, 6) is -1.22. The average molecular weight is 279 g/mol. The number of nitrogens with zero attached hydrogens (tertiary/aromatic N) is 2. The standard InChI is InChI=1S/C11H9N3O4S/c15-8(14-11-12-3-1-4-13-11)6-18-7-2-5-19-9(7)10(16)17/h1-5H,6H2,(H,16,17)(H,12,13,14,15). The molecule has 8 heteroatoms. The number of nitrogens with one attached hydrogen (secondary N) is 1. The summed E-state index contributed by atoms with van der Waals surface area (Å²) in [4.78, 5) is 30.1. The fourth-order valence-electron chi connectivity index (χ4n) is 1.23. The maximum atomic E-state index is 11.5. The molecule has 0 spiro atoms. The minimum absolute atomic E-state index is 0.0590. The van der Waals surface area contributed by atoms with E-state index < -0.39 is 11.9 Å². The third kappa shape index (κ3) is 3.49. The van der Waals surface area contributed by atoms with Crippen LogP contribution in [-0.2, 0) is 4.79 Å². The average Bonchev–Trinajstić information content (AvgIpc) is 2.86. The first-order valence-corrected chi connectivity index (χ1v) is 6.05. The van der Waals surface area contributed by atoms with Crippen molar-refractivity contribution in [1.29, 1.82) is 0 Å². The summed E-state index contributed by atoms with van der Waals surface area (Å²) in [5, 5.41) is 12.9. The fourth-order valence-corrected chi connectivity index (χ4v) is 1.91. The van der Waals surface area contributed by atoms with E-state index in [9.17, 15) is 9.59 Å². The van der Waals surface area contributed by atoms with Gasteiger partial charge < -0.3 is 9.84 Å². The lowest BCUT2D eigenvalue weighted by Crippen LogP contribution is -2.21. The van der Waals surface area contributed by atoms with Gasteiger partial charge in [0.1, 0.15) is 5.75 Å². The van der Waals surface area contributed by atoms with Gasteiger partial charge in [-0.1, -0.05) is 0 Å². The molecule has 0 atom stereocenters. The fraction of sp³-hybridized carbons (Fsp3) is 0.0909. The van der Waals surface area contributed by atoms with Gasteiger partial charge in [0.15, 0.2) is 11.5 Å². The summed E-state index contributed by atoms with van der Waals surface area (Å²) < 4.78 is 5.13. The minimum Gasteiger partial charge on any atom is -0.482 e. The van der Waals surface area contributed by atoms with Gasteiger partial charge in [-0.25, -0.2) is 14.8 Å². The van der Waals surface area contributed by atoms with E-state index >= 15 is 0 Å². The number of aromatic nitrogens is 2. The van der Waals surface area contributed by atoms with Crippen LogP contribution in [0.4, 0.5) is 5.95 Å². The van der Waals surface area contributed by atoms with Gasteiger partial charge in [0.25, 0.3) is 5.91 Å². The Balaban J connectivity index is 1.90. The molecule has 2 heterocycles. The Morgan fingerprint density at radius 2 is 2.11 bits per heavy atom. The number of anilines is 1. The van der Waals surface area contributed by atoms with Crippen LogP contribution in [0.1, 0.15) is 9.67 Å². The molecule has 0 aliphatic rings. The highest BCUT2D eigenvalue weighted by Gasteiger charge is 2.14. The molecule has 0 bridgehead atoms. The number of carbonyl (C=O) groups excluding carboxylic acids is 1. The van der Waals surface area contributed by atoms with Gasteiger partial charge >= 0.3 is 5.97 Å². The van der Waals surface area contributed by atoms with Crippen molar-refractivity contribution in [2.24, 2.45) is 0 Å². The number of rotatable bonds is 5. The van der Waals surface area contributed by atoms with E-state index in [-0.39, 0.29) is 23.2 Å². The monoisotopic (exact) mass is 279 g/mol. The number of aromatic carboxylic acids is 1. The molecular formula is C11H9N3O4S. The Morgan fingerprint density at radius 3 is 2.79 bits per heavy atom. The van der Waals surface area contributed by atoms with Crippen molar-refractivity contribution in [2.45, 2.75) is 0 Å². The Hall–Kier alpha value is -2.48. The third-order valence-electron chi connectivity index (χ3n) is 2.00. The van der Waals surface area contributed by atoms with Crippen LogP contribution in [0.2, 0.25) is 0 Å². The minimum atomic E-state index is -1.09. The SMILES string of the molecule is O=C(COc1ccsc1C(=O)O)Nc1ncccn1. The molecule has 1 amide bonds. The highest BCUT2D eigenvalue weighted by molar-refractivity contribution is 7.12. The van der Waals surface area contributed by atoms with Crippen molar-refractivity contribution in [2.75, 3.05) is 11.9 Å². The number of thiophene rings is 1. The molecule has 0 unspecified atom stereocenters. The first-order chi connectivity index (χ1) is 9.16. The number of hydrogen-bond acceptors (Lipinski definition) is 6. The van der Waals surface area contributed by atoms with Crippen LogP contribution in [0, 0.1) is 0 Å². The van der Waals surface area contributed by atoms with Gasteiger partial charge in [0.2, 0.25) is 5.95 Å². The molecule has 0 aliphatic carbocycles. The molecule has 2 N–H and O–H groups in total. The number of carbonyl (C=O) groups is 2. The van der Waals surface area contributed by atoms with Gasteiger partial charge in [-0.15, -0.1) is 11.3 Å². The lowest BCUT2D eigenvalue weighted by atomic mass is 10.4. The van der Waals surface area contributed by atoms with Gasteiger partial charge in [-0.3, -0.25) is 10.1 Å². The van der Waals surface area contributed by atoms with Crippen molar-refractivity contribution in [3.8, 4) is 5.75 Å². The van der Waals surface area contributed by atoms with Gasteiger partial charge in [-0.05, 0) is 17.5 Å². The summed E-state index contributed by atoms with van der Waals surface area (Å²) in [6.45, 7) is -0.310. The number of amides is 1. The van der Waals surface area contributed by atoms with Crippen LogP contribution < -0.4 is 10.1 Å². The maximum Gasteiger partial charge on any atom is 0.349 e.